The Labute approximate surface area is 199 Å². The summed E-state index contributed by atoms with van der Waals surface area (Å²) < 4.78 is 31.4. The predicted octanol–water partition coefficient (Wildman–Crippen LogP) is 3.49. The van der Waals surface area contributed by atoms with Gasteiger partial charge in [0.05, 0.1) is 11.8 Å². The Kier molecular flexibility index (Phi) is 6.44. The molecule has 1 fully saturated rings. The number of fused-ring (bicyclic) bond motifs is 1. The van der Waals surface area contributed by atoms with Gasteiger partial charge in [-0.25, -0.2) is 13.1 Å². The van der Waals surface area contributed by atoms with Crippen molar-refractivity contribution < 1.29 is 17.6 Å². The molecular weight excluding hydrogens is 454 g/mol. The molecule has 1 aliphatic rings. The Bertz CT molecular complexity index is 1380. The zero-order valence-corrected chi connectivity index (χ0v) is 20.8. The van der Waals surface area contributed by atoms with Crippen LogP contribution in [0.5, 0.6) is 0 Å². The number of furan rings is 1. The van der Waals surface area contributed by atoms with Gasteiger partial charge in [0.15, 0.2) is 0 Å². The molecular formula is C25H31N3O5S. The lowest BCUT2D eigenvalue weighted by Crippen LogP contribution is -2.43. The summed E-state index contributed by atoms with van der Waals surface area (Å²) in [6.45, 7) is 7.57. The van der Waals surface area contributed by atoms with Crippen LogP contribution in [0.3, 0.4) is 0 Å². The molecule has 182 valence electrons. The summed E-state index contributed by atoms with van der Waals surface area (Å²) in [7, 11) is -3.28. The van der Waals surface area contributed by atoms with Gasteiger partial charge in [0.1, 0.15) is 11.8 Å². The number of sulfonamides is 1. The number of rotatable bonds is 5. The van der Waals surface area contributed by atoms with Crippen LogP contribution in [-0.4, -0.2) is 50.1 Å². The third-order valence-electron chi connectivity index (χ3n) is 6.28. The molecule has 1 aliphatic heterocycles. The molecule has 1 amide bonds. The van der Waals surface area contributed by atoms with E-state index in [1.54, 1.807) is 23.2 Å². The molecule has 4 rings (SSSR count). The van der Waals surface area contributed by atoms with E-state index in [0.717, 1.165) is 30.2 Å². The second-order valence-electron chi connectivity index (χ2n) is 10.1. The van der Waals surface area contributed by atoms with Gasteiger partial charge in [0.2, 0.25) is 10.0 Å². The van der Waals surface area contributed by atoms with Crippen LogP contribution in [-0.2, 0) is 15.4 Å². The number of amides is 1. The highest BCUT2D eigenvalue weighted by Crippen LogP contribution is 2.37. The van der Waals surface area contributed by atoms with Crippen molar-refractivity contribution in [3.05, 3.63) is 58.2 Å². The second kappa shape index (κ2) is 9.03. The number of aromatic amines is 1. The maximum Gasteiger partial charge on any atom is 0.257 e. The van der Waals surface area contributed by atoms with Gasteiger partial charge in [-0.05, 0) is 54.0 Å². The smallest absolute Gasteiger partial charge is 0.257 e. The summed E-state index contributed by atoms with van der Waals surface area (Å²) in [5, 5.41) is 0.673. The Hall–Kier alpha value is -2.91. The van der Waals surface area contributed by atoms with E-state index in [4.69, 9.17) is 4.42 Å². The van der Waals surface area contributed by atoms with Crippen molar-refractivity contribution in [1.82, 2.24) is 14.6 Å². The van der Waals surface area contributed by atoms with Crippen LogP contribution < -0.4 is 10.3 Å². The van der Waals surface area contributed by atoms with Crippen molar-refractivity contribution in [3.63, 3.8) is 0 Å². The number of carbonyl (C=O) groups is 1. The standard InChI is InChI=1S/C25H31N3O5S/c1-25(2,3)21-12-17(18-8-5-9-26-23(18)29)11-19-20(15-33-22(19)21)24(30)28-10-6-7-16(14-28)13-27-34(4,31)32/h5,8-9,11-12,15-16,27H,6-7,10,13-14H2,1-4H3,(H,26,29)/t16-/m0/s1. The van der Waals surface area contributed by atoms with Crippen molar-refractivity contribution in [2.45, 2.75) is 39.0 Å². The van der Waals surface area contributed by atoms with Crippen molar-refractivity contribution in [3.8, 4) is 11.1 Å². The van der Waals surface area contributed by atoms with Crippen molar-refractivity contribution >= 4 is 26.9 Å². The van der Waals surface area contributed by atoms with Crippen LogP contribution in [0.25, 0.3) is 22.1 Å². The molecule has 3 heterocycles. The van der Waals surface area contributed by atoms with E-state index in [0.29, 0.717) is 41.7 Å². The maximum absolute atomic E-state index is 13.6. The SMILES string of the molecule is CC(C)(C)c1cc(-c2ccc[nH]c2=O)cc2c(C(=O)N3CCC[C@@H](CNS(C)(=O)=O)C3)coc12. The topological polar surface area (TPSA) is 112 Å². The number of H-pyrrole nitrogens is 1. The van der Waals surface area contributed by atoms with Gasteiger partial charge in [-0.15, -0.1) is 0 Å². The van der Waals surface area contributed by atoms with E-state index < -0.39 is 10.0 Å². The fourth-order valence-corrected chi connectivity index (χ4v) is 5.06. The van der Waals surface area contributed by atoms with Gasteiger partial charge in [-0.3, -0.25) is 9.59 Å². The first-order chi connectivity index (χ1) is 15.9. The van der Waals surface area contributed by atoms with Crippen LogP contribution in [0.2, 0.25) is 0 Å². The third kappa shape index (κ3) is 5.10. The molecule has 2 N–H and O–H groups in total. The fraction of sp³-hybridized carbons (Fsp3) is 0.440. The number of benzene rings is 1. The number of aromatic nitrogens is 1. The van der Waals surface area contributed by atoms with E-state index in [9.17, 15) is 18.0 Å². The molecule has 1 aromatic carbocycles. The van der Waals surface area contributed by atoms with Crippen LogP contribution in [0.15, 0.2) is 45.9 Å². The molecule has 34 heavy (non-hydrogen) atoms. The second-order valence-corrected chi connectivity index (χ2v) is 11.9. The van der Waals surface area contributed by atoms with E-state index >= 15 is 0 Å². The minimum atomic E-state index is -3.28. The highest BCUT2D eigenvalue weighted by Gasteiger charge is 2.29. The molecule has 2 aromatic heterocycles. The average molecular weight is 486 g/mol. The average Bonchev–Trinajstić information content (AvgIpc) is 3.20. The number of hydrogen-bond donors (Lipinski definition) is 2. The molecule has 0 radical (unpaired) electrons. The van der Waals surface area contributed by atoms with Crippen molar-refractivity contribution in [1.29, 1.82) is 0 Å². The zero-order valence-electron chi connectivity index (χ0n) is 20.0. The zero-order chi connectivity index (χ0) is 24.7. The van der Waals surface area contributed by atoms with Crippen LogP contribution in [0, 0.1) is 5.92 Å². The Balaban J connectivity index is 1.73. The number of likely N-dealkylation sites (tertiary alicyclic amines) is 1. The molecule has 0 bridgehead atoms. The first-order valence-electron chi connectivity index (χ1n) is 11.4. The minimum absolute atomic E-state index is 0.0502. The van der Waals surface area contributed by atoms with E-state index in [2.05, 4.69) is 30.5 Å². The molecule has 1 atom stereocenters. The van der Waals surface area contributed by atoms with Crippen LogP contribution in [0.4, 0.5) is 0 Å². The Morgan fingerprint density at radius 2 is 2.06 bits per heavy atom. The lowest BCUT2D eigenvalue weighted by atomic mass is 9.84. The summed E-state index contributed by atoms with van der Waals surface area (Å²) in [6, 6.07) is 7.34. The number of piperidine rings is 1. The van der Waals surface area contributed by atoms with Gasteiger partial charge in [-0.1, -0.05) is 20.8 Å². The van der Waals surface area contributed by atoms with Gasteiger partial charge in [0, 0.05) is 42.3 Å². The monoisotopic (exact) mass is 485 g/mol. The summed E-state index contributed by atoms with van der Waals surface area (Å²) >= 11 is 0. The fourth-order valence-electron chi connectivity index (χ4n) is 4.52. The number of pyridine rings is 1. The maximum atomic E-state index is 13.6. The Morgan fingerprint density at radius 1 is 1.29 bits per heavy atom. The molecule has 9 heteroatoms. The summed E-state index contributed by atoms with van der Waals surface area (Å²) in [4.78, 5) is 30.5. The number of hydrogen-bond acceptors (Lipinski definition) is 5. The third-order valence-corrected chi connectivity index (χ3v) is 6.97. The highest BCUT2D eigenvalue weighted by atomic mass is 32.2. The van der Waals surface area contributed by atoms with Gasteiger partial charge < -0.3 is 14.3 Å². The van der Waals surface area contributed by atoms with Crippen molar-refractivity contribution in [2.75, 3.05) is 25.9 Å². The molecule has 1 saturated heterocycles. The summed E-state index contributed by atoms with van der Waals surface area (Å²) in [5.41, 5.74) is 2.78. The van der Waals surface area contributed by atoms with E-state index in [1.807, 2.05) is 12.1 Å². The van der Waals surface area contributed by atoms with Crippen molar-refractivity contribution in [2.24, 2.45) is 5.92 Å². The number of nitrogens with zero attached hydrogens (tertiary/aromatic N) is 1. The summed E-state index contributed by atoms with van der Waals surface area (Å²) in [6.07, 6.45) is 5.88. The quantitative estimate of drug-likeness (QED) is 0.575. The van der Waals surface area contributed by atoms with Gasteiger partial charge in [0.25, 0.3) is 11.5 Å². The minimum Gasteiger partial charge on any atom is -0.463 e. The normalized spacial score (nSPS) is 17.3. The highest BCUT2D eigenvalue weighted by molar-refractivity contribution is 7.88. The van der Waals surface area contributed by atoms with E-state index in [-0.39, 0.29) is 22.8 Å². The first kappa shape index (κ1) is 24.2. The van der Waals surface area contributed by atoms with Crippen LogP contribution in [0.1, 0.15) is 49.5 Å². The Morgan fingerprint density at radius 3 is 2.74 bits per heavy atom. The molecule has 0 unspecified atom stereocenters. The first-order valence-corrected chi connectivity index (χ1v) is 13.3. The molecule has 0 aliphatic carbocycles. The lowest BCUT2D eigenvalue weighted by molar-refractivity contribution is 0.0677. The van der Waals surface area contributed by atoms with Gasteiger partial charge >= 0.3 is 0 Å². The van der Waals surface area contributed by atoms with Gasteiger partial charge in [-0.2, -0.15) is 0 Å². The molecule has 8 nitrogen and oxygen atoms in total. The predicted molar refractivity (Wildman–Crippen MR) is 132 cm³/mol. The molecule has 3 aromatic rings. The number of nitrogens with one attached hydrogen (secondary N) is 2. The van der Waals surface area contributed by atoms with E-state index in [1.165, 1.54) is 6.26 Å². The largest absolute Gasteiger partial charge is 0.463 e. The number of carbonyl (C=O) groups excluding carboxylic acids is 1. The summed E-state index contributed by atoms with van der Waals surface area (Å²) in [5.74, 6) is -0.101. The molecule has 0 saturated carbocycles. The lowest BCUT2D eigenvalue weighted by Gasteiger charge is -2.32. The molecule has 0 spiro atoms. The van der Waals surface area contributed by atoms with Crippen LogP contribution >= 0.6 is 0 Å².